The molecule has 0 aromatic rings. The van der Waals surface area contributed by atoms with Gasteiger partial charge in [0.25, 0.3) is 0 Å². The van der Waals surface area contributed by atoms with E-state index in [1.165, 1.54) is 128 Å². The summed E-state index contributed by atoms with van der Waals surface area (Å²) < 4.78 is 29.4. The van der Waals surface area contributed by atoms with E-state index in [9.17, 15) is 47.9 Å². The van der Waals surface area contributed by atoms with Crippen molar-refractivity contribution in [2.24, 2.45) is 173 Å². The highest BCUT2D eigenvalue weighted by molar-refractivity contribution is 5.79. The second-order valence-corrected chi connectivity index (χ2v) is 49.4. The highest BCUT2D eigenvalue weighted by atomic mass is 16.6. The van der Waals surface area contributed by atoms with E-state index in [2.05, 4.69) is 34.6 Å². The van der Waals surface area contributed by atoms with Gasteiger partial charge >= 0.3 is 59.7 Å². The molecule has 15 rings (SSSR count). The van der Waals surface area contributed by atoms with Crippen LogP contribution in [0.2, 0.25) is 0 Å². The van der Waals surface area contributed by atoms with Crippen molar-refractivity contribution in [1.82, 2.24) is 0 Å². The molecular weight excluding hydrogens is 1640 g/mol. The van der Waals surface area contributed by atoms with Gasteiger partial charge < -0.3 is 49.2 Å². The topological polar surface area (TPSA) is 318 Å². The third-order valence-corrected chi connectivity index (χ3v) is 37.6. The maximum atomic E-state index is 12.2. The molecule has 130 heavy (non-hydrogen) atoms. The van der Waals surface area contributed by atoms with Crippen LogP contribution in [0.15, 0.2) is 0 Å². The summed E-state index contributed by atoms with van der Waals surface area (Å²) in [6, 6.07) is 0. The Morgan fingerprint density at radius 2 is 0.300 bits per heavy atom. The summed E-state index contributed by atoms with van der Waals surface area (Å²) >= 11 is 0. The van der Waals surface area contributed by atoms with Crippen LogP contribution in [0.25, 0.3) is 0 Å². The van der Waals surface area contributed by atoms with Crippen LogP contribution in [0.4, 0.5) is 0 Å². The van der Waals surface area contributed by atoms with E-state index in [4.69, 9.17) is 49.2 Å². The molecule has 0 aliphatic heterocycles. The van der Waals surface area contributed by atoms with Gasteiger partial charge in [-0.15, -0.1) is 0 Å². The van der Waals surface area contributed by atoms with Crippen molar-refractivity contribution >= 4 is 59.7 Å². The maximum Gasteiger partial charge on any atom is 0.311 e. The largest absolute Gasteiger partial charge is 0.481 e. The number of carboxylic acids is 5. The number of carbonyl (C=O) groups excluding carboxylic acids is 5. The minimum atomic E-state index is -0.722. The molecule has 25 unspecified atom stereocenters. The molecule has 750 valence electrons. The van der Waals surface area contributed by atoms with Crippen molar-refractivity contribution in [3.63, 3.8) is 0 Å². The Bertz CT molecular complexity index is 3160. The summed E-state index contributed by atoms with van der Waals surface area (Å²) in [5.41, 5.74) is -4.25. The van der Waals surface area contributed by atoms with Crippen molar-refractivity contribution in [3.8, 4) is 0 Å². The van der Waals surface area contributed by atoms with E-state index in [0.29, 0.717) is 61.7 Å². The Balaban J connectivity index is 0.000000228. The van der Waals surface area contributed by atoms with Crippen LogP contribution in [0.3, 0.4) is 0 Å². The van der Waals surface area contributed by atoms with E-state index >= 15 is 0 Å². The third kappa shape index (κ3) is 28.0. The molecule has 15 aliphatic carbocycles. The Morgan fingerprint density at radius 3 is 0.400 bits per heavy atom. The molecule has 0 saturated heterocycles. The van der Waals surface area contributed by atoms with E-state index in [0.717, 1.165) is 153 Å². The highest BCUT2D eigenvalue weighted by Crippen LogP contribution is 2.65. The van der Waals surface area contributed by atoms with Crippen molar-refractivity contribution in [2.75, 3.05) is 0 Å². The zero-order valence-corrected chi connectivity index (χ0v) is 87.5. The van der Waals surface area contributed by atoms with Crippen LogP contribution in [-0.2, 0) is 71.6 Å². The fraction of sp³-hybridized carbons (Fsp3) is 0.909. The van der Waals surface area contributed by atoms with Gasteiger partial charge in [-0.2, -0.15) is 0 Å². The van der Waals surface area contributed by atoms with Crippen LogP contribution >= 0.6 is 0 Å². The lowest BCUT2D eigenvalue weighted by Gasteiger charge is -2.33. The van der Waals surface area contributed by atoms with Gasteiger partial charge in [-0.1, -0.05) is 101 Å². The van der Waals surface area contributed by atoms with Gasteiger partial charge in [-0.25, -0.2) is 0 Å². The molecule has 25 atom stereocenters. The molecule has 5 N–H and O–H groups in total. The van der Waals surface area contributed by atoms with Crippen molar-refractivity contribution in [3.05, 3.63) is 0 Å². The first kappa shape index (κ1) is 113. The SMILES string of the molecule is CCC(C)(C)C(=O)O.CCC(C)(C)C(=O)O.CCC(C)(C)C(=O)O.CCC(C)(C)C(=O)O.CCC(C)(C)C(=O)O.CCC(C)(C)C(=O)OC1CC2CC1C1CCCC21.CCC(C)(C)C(=O)OC1CC2CC1C1CCCC21.CCC(C)(C)C(=O)OC1CC2CC1C1CCCC21.CCC(C)(C)C(=O)OC1CC2CC1C1CCCC21.CCC(C)(C)C(=O)OC1CC2CC1C1CCCC21. The minimum Gasteiger partial charge on any atom is -0.481 e. The number of carboxylic acid groups (broad SMARTS) is 5. The number of fused-ring (bicyclic) bond motifs is 25. The average Bonchev–Trinajstić information content (AvgIpc) is 1.62. The fourth-order valence-corrected chi connectivity index (χ4v) is 23.7. The van der Waals surface area contributed by atoms with Crippen LogP contribution in [0.1, 0.15) is 432 Å². The molecule has 0 heterocycles. The van der Waals surface area contributed by atoms with Crippen LogP contribution in [0.5, 0.6) is 0 Å². The summed E-state index contributed by atoms with van der Waals surface area (Å²) in [5, 5.41) is 42.2. The molecule has 0 aromatic heterocycles. The Morgan fingerprint density at radius 1 is 0.185 bits per heavy atom. The lowest BCUT2D eigenvalue weighted by atomic mass is 9.80. The molecule has 0 spiro atoms. The van der Waals surface area contributed by atoms with Crippen molar-refractivity contribution in [2.45, 2.75) is 463 Å². The minimum absolute atomic E-state index is 0.0251. The molecule has 20 nitrogen and oxygen atoms in total. The second-order valence-electron chi connectivity index (χ2n) is 49.4. The molecule has 20 heteroatoms. The number of rotatable bonds is 25. The van der Waals surface area contributed by atoms with Gasteiger partial charge in [0, 0.05) is 0 Å². The Labute approximate surface area is 788 Å². The van der Waals surface area contributed by atoms with Gasteiger partial charge in [0.05, 0.1) is 54.1 Å². The summed E-state index contributed by atoms with van der Waals surface area (Å²) in [5.74, 6) is 13.6. The molecule has 15 aliphatic rings. The average molecular weight is 1830 g/mol. The Hall–Kier alpha value is -5.30. The summed E-state index contributed by atoms with van der Waals surface area (Å²) in [7, 11) is 0. The molecule has 15 fully saturated rings. The monoisotopic (exact) mass is 1830 g/mol. The number of esters is 5. The number of hydrogen-bond donors (Lipinski definition) is 5. The molecule has 0 radical (unpaired) electrons. The first-order chi connectivity index (χ1) is 60.2. The number of hydrogen-bond acceptors (Lipinski definition) is 15. The Kier molecular flexibility index (Phi) is 40.7. The van der Waals surface area contributed by atoms with Crippen molar-refractivity contribution < 1.29 is 97.2 Å². The zero-order valence-electron chi connectivity index (χ0n) is 87.5. The van der Waals surface area contributed by atoms with Crippen LogP contribution in [-0.4, -0.2) is 116 Å². The smallest absolute Gasteiger partial charge is 0.311 e. The number of ether oxygens (including phenoxy) is 5. The van der Waals surface area contributed by atoms with E-state index in [1.54, 1.807) is 69.2 Å². The van der Waals surface area contributed by atoms with Gasteiger partial charge in [0.15, 0.2) is 0 Å². The van der Waals surface area contributed by atoms with Crippen molar-refractivity contribution in [1.29, 1.82) is 0 Å². The maximum absolute atomic E-state index is 12.2. The molecule has 10 bridgehead atoms. The van der Waals surface area contributed by atoms with E-state index < -0.39 is 56.9 Å². The molecular formula is C110H190O20. The quantitative estimate of drug-likeness (QED) is 0.0419. The summed E-state index contributed by atoms with van der Waals surface area (Å²) in [4.78, 5) is 112. The number of aliphatic carboxylic acids is 5. The van der Waals surface area contributed by atoms with E-state index in [1.807, 2.05) is 104 Å². The lowest BCUT2D eigenvalue weighted by molar-refractivity contribution is -0.164. The predicted octanol–water partition coefficient (Wildman–Crippen LogP) is 26.5. The van der Waals surface area contributed by atoms with Gasteiger partial charge in [-0.05, 0) is 449 Å². The van der Waals surface area contributed by atoms with Gasteiger partial charge in [0.1, 0.15) is 30.5 Å². The van der Waals surface area contributed by atoms with Gasteiger partial charge in [-0.3, -0.25) is 47.9 Å². The first-order valence-electron chi connectivity index (χ1n) is 52.4. The normalized spacial score (nSPS) is 32.6. The zero-order chi connectivity index (χ0) is 98.5. The molecule has 0 aromatic carbocycles. The summed E-state index contributed by atoms with van der Waals surface area (Å²) in [6.45, 7) is 56.9. The van der Waals surface area contributed by atoms with E-state index in [-0.39, 0.29) is 87.4 Å². The second kappa shape index (κ2) is 46.7. The van der Waals surface area contributed by atoms with Crippen LogP contribution in [0, 0.1) is 173 Å². The fourth-order valence-electron chi connectivity index (χ4n) is 23.7. The third-order valence-electron chi connectivity index (χ3n) is 37.6. The number of carbonyl (C=O) groups is 10. The standard InChI is InChI=1S/5C16H26O2.5C6H12O2/c5*1-4-16(2,3)15(17)18-14-9-10-8-13(14)12-7-5-6-11(10)12;5*1-4-6(2,3)5(7)8/h5*10-14H,4-9H2,1-3H3;5*4H2,1-3H3,(H,7,8). The predicted molar refractivity (Wildman–Crippen MR) is 514 cm³/mol. The van der Waals surface area contributed by atoms with Crippen LogP contribution < -0.4 is 0 Å². The highest BCUT2D eigenvalue weighted by Gasteiger charge is 2.61. The van der Waals surface area contributed by atoms with Gasteiger partial charge in [0.2, 0.25) is 0 Å². The summed E-state index contributed by atoms with van der Waals surface area (Å²) in [6.07, 6.45) is 42.5. The first-order valence-corrected chi connectivity index (χ1v) is 52.4. The molecule has 0 amide bonds. The lowest BCUT2D eigenvalue weighted by Crippen LogP contribution is -2.36. The molecule has 15 saturated carbocycles.